The standard InChI is InChI=1S/C11H16N2O4/c1-3-4-8(11(16)17-2)13-10(15)7-5-6-9(14)12-7/h3,7-8H,1,4-6H2,2H3,(H,12,14)(H,13,15)/t7-,8+/m1/s1. The first-order valence-electron chi connectivity index (χ1n) is 5.37. The molecule has 1 aliphatic heterocycles. The second-order valence-corrected chi connectivity index (χ2v) is 3.77. The van der Waals surface area contributed by atoms with Crippen LogP contribution >= 0.6 is 0 Å². The summed E-state index contributed by atoms with van der Waals surface area (Å²) in [7, 11) is 1.25. The second kappa shape index (κ2) is 6.03. The van der Waals surface area contributed by atoms with Gasteiger partial charge in [-0.3, -0.25) is 9.59 Å². The van der Waals surface area contributed by atoms with E-state index in [4.69, 9.17) is 0 Å². The molecule has 1 rings (SSSR count). The van der Waals surface area contributed by atoms with Crippen molar-refractivity contribution >= 4 is 17.8 Å². The zero-order chi connectivity index (χ0) is 12.8. The molecule has 1 fully saturated rings. The largest absolute Gasteiger partial charge is 0.467 e. The van der Waals surface area contributed by atoms with Gasteiger partial charge in [0.2, 0.25) is 11.8 Å². The lowest BCUT2D eigenvalue weighted by molar-refractivity contribution is -0.145. The number of carbonyl (C=O) groups is 3. The van der Waals surface area contributed by atoms with E-state index in [1.165, 1.54) is 13.2 Å². The Morgan fingerprint density at radius 3 is 2.88 bits per heavy atom. The Balaban J connectivity index is 2.54. The third-order valence-electron chi connectivity index (χ3n) is 2.52. The molecule has 0 aromatic carbocycles. The van der Waals surface area contributed by atoms with Crippen LogP contribution in [0.1, 0.15) is 19.3 Å². The highest BCUT2D eigenvalue weighted by molar-refractivity contribution is 5.93. The summed E-state index contributed by atoms with van der Waals surface area (Å²) in [6, 6.07) is -1.30. The molecule has 2 atom stereocenters. The van der Waals surface area contributed by atoms with Crippen molar-refractivity contribution in [2.24, 2.45) is 0 Å². The third kappa shape index (κ3) is 3.58. The van der Waals surface area contributed by atoms with E-state index in [-0.39, 0.29) is 11.8 Å². The van der Waals surface area contributed by atoms with Crippen molar-refractivity contribution in [1.82, 2.24) is 10.6 Å². The van der Waals surface area contributed by atoms with Crippen molar-refractivity contribution in [2.45, 2.75) is 31.3 Å². The average Bonchev–Trinajstić information content (AvgIpc) is 2.74. The van der Waals surface area contributed by atoms with E-state index < -0.39 is 18.1 Å². The fourth-order valence-electron chi connectivity index (χ4n) is 1.61. The van der Waals surface area contributed by atoms with Crippen LogP contribution in [0.4, 0.5) is 0 Å². The van der Waals surface area contributed by atoms with E-state index in [1.807, 2.05) is 0 Å². The summed E-state index contributed by atoms with van der Waals surface area (Å²) in [6.45, 7) is 3.51. The lowest BCUT2D eigenvalue weighted by Gasteiger charge is -2.17. The highest BCUT2D eigenvalue weighted by atomic mass is 16.5. The van der Waals surface area contributed by atoms with Crippen molar-refractivity contribution in [2.75, 3.05) is 7.11 Å². The highest BCUT2D eigenvalue weighted by Crippen LogP contribution is 2.07. The Labute approximate surface area is 99.4 Å². The topological polar surface area (TPSA) is 84.5 Å². The molecule has 0 radical (unpaired) electrons. The minimum atomic E-state index is -0.748. The number of rotatable bonds is 5. The lowest BCUT2D eigenvalue weighted by atomic mass is 10.1. The van der Waals surface area contributed by atoms with Crippen LogP contribution in [0.5, 0.6) is 0 Å². The Bertz CT molecular complexity index is 340. The maximum Gasteiger partial charge on any atom is 0.328 e. The van der Waals surface area contributed by atoms with Gasteiger partial charge in [0.25, 0.3) is 0 Å². The van der Waals surface area contributed by atoms with Gasteiger partial charge in [-0.15, -0.1) is 6.58 Å². The molecule has 0 aromatic heterocycles. The summed E-state index contributed by atoms with van der Waals surface area (Å²) in [5, 5.41) is 5.06. The van der Waals surface area contributed by atoms with Gasteiger partial charge < -0.3 is 15.4 Å². The Kier molecular flexibility index (Phi) is 4.68. The monoisotopic (exact) mass is 240 g/mol. The van der Waals surface area contributed by atoms with Crippen LogP contribution in [-0.2, 0) is 19.1 Å². The van der Waals surface area contributed by atoms with Crippen molar-refractivity contribution in [1.29, 1.82) is 0 Å². The predicted octanol–water partition coefficient (Wildman–Crippen LogP) is -0.501. The van der Waals surface area contributed by atoms with Crippen molar-refractivity contribution in [3.8, 4) is 0 Å². The Morgan fingerprint density at radius 1 is 1.71 bits per heavy atom. The average molecular weight is 240 g/mol. The molecule has 0 bridgehead atoms. The molecule has 0 unspecified atom stereocenters. The summed E-state index contributed by atoms with van der Waals surface area (Å²) < 4.78 is 4.56. The zero-order valence-electron chi connectivity index (χ0n) is 9.69. The van der Waals surface area contributed by atoms with E-state index in [0.29, 0.717) is 19.3 Å². The van der Waals surface area contributed by atoms with Crippen LogP contribution in [0.3, 0.4) is 0 Å². The number of carbonyl (C=O) groups excluding carboxylic acids is 3. The molecule has 94 valence electrons. The number of nitrogens with one attached hydrogen (secondary N) is 2. The molecule has 0 aliphatic carbocycles. The van der Waals surface area contributed by atoms with E-state index in [1.54, 1.807) is 0 Å². The quantitative estimate of drug-likeness (QED) is 0.501. The molecule has 1 heterocycles. The second-order valence-electron chi connectivity index (χ2n) is 3.77. The molecule has 17 heavy (non-hydrogen) atoms. The van der Waals surface area contributed by atoms with Gasteiger partial charge in [0.1, 0.15) is 12.1 Å². The molecule has 6 heteroatoms. The van der Waals surface area contributed by atoms with E-state index in [0.717, 1.165) is 0 Å². The van der Waals surface area contributed by atoms with Crippen LogP contribution in [0, 0.1) is 0 Å². The first-order valence-corrected chi connectivity index (χ1v) is 5.37. The molecule has 0 aromatic rings. The number of amides is 2. The number of esters is 1. The number of ether oxygens (including phenoxy) is 1. The van der Waals surface area contributed by atoms with Gasteiger partial charge >= 0.3 is 5.97 Å². The molecular formula is C11H16N2O4. The maximum absolute atomic E-state index is 11.7. The maximum atomic E-state index is 11.7. The molecule has 1 saturated heterocycles. The van der Waals surface area contributed by atoms with Gasteiger partial charge in [-0.1, -0.05) is 6.08 Å². The Morgan fingerprint density at radius 2 is 2.41 bits per heavy atom. The summed E-state index contributed by atoms with van der Waals surface area (Å²) in [5.41, 5.74) is 0. The SMILES string of the molecule is C=CC[C@H](NC(=O)[C@H]1CCC(=O)N1)C(=O)OC. The molecule has 2 amide bonds. The van der Waals surface area contributed by atoms with E-state index in [2.05, 4.69) is 21.9 Å². The van der Waals surface area contributed by atoms with Crippen molar-refractivity contribution in [3.63, 3.8) is 0 Å². The molecule has 0 saturated carbocycles. The van der Waals surface area contributed by atoms with Gasteiger partial charge in [0.05, 0.1) is 7.11 Å². The summed E-state index contributed by atoms with van der Waals surface area (Å²) in [4.78, 5) is 34.0. The van der Waals surface area contributed by atoms with Gasteiger partial charge in [-0.05, 0) is 12.8 Å². The molecule has 1 aliphatic rings. The summed E-state index contributed by atoms with van der Waals surface area (Å²) >= 11 is 0. The normalized spacial score (nSPS) is 20.3. The van der Waals surface area contributed by atoms with Gasteiger partial charge in [0, 0.05) is 6.42 Å². The molecule has 2 N–H and O–H groups in total. The van der Waals surface area contributed by atoms with Crippen LogP contribution in [0.15, 0.2) is 12.7 Å². The van der Waals surface area contributed by atoms with Gasteiger partial charge in [0.15, 0.2) is 0 Å². The van der Waals surface area contributed by atoms with Gasteiger partial charge in [-0.25, -0.2) is 4.79 Å². The number of hydrogen-bond donors (Lipinski definition) is 2. The Hall–Kier alpha value is -1.85. The van der Waals surface area contributed by atoms with Crippen LogP contribution < -0.4 is 10.6 Å². The fraction of sp³-hybridized carbons (Fsp3) is 0.545. The fourth-order valence-corrected chi connectivity index (χ4v) is 1.61. The number of hydrogen-bond acceptors (Lipinski definition) is 4. The highest BCUT2D eigenvalue weighted by Gasteiger charge is 2.30. The van der Waals surface area contributed by atoms with Crippen LogP contribution in [0.2, 0.25) is 0 Å². The van der Waals surface area contributed by atoms with Gasteiger partial charge in [-0.2, -0.15) is 0 Å². The number of methoxy groups -OCH3 is 1. The van der Waals surface area contributed by atoms with Crippen LogP contribution in [0.25, 0.3) is 0 Å². The van der Waals surface area contributed by atoms with E-state index in [9.17, 15) is 14.4 Å². The minimum Gasteiger partial charge on any atom is -0.467 e. The van der Waals surface area contributed by atoms with Crippen LogP contribution in [-0.4, -0.2) is 37.0 Å². The summed E-state index contributed by atoms with van der Waals surface area (Å²) in [6.07, 6.45) is 2.60. The minimum absolute atomic E-state index is 0.150. The smallest absolute Gasteiger partial charge is 0.328 e. The first kappa shape index (κ1) is 13.2. The molecular weight excluding hydrogens is 224 g/mol. The predicted molar refractivity (Wildman–Crippen MR) is 59.9 cm³/mol. The zero-order valence-corrected chi connectivity index (χ0v) is 9.69. The van der Waals surface area contributed by atoms with Crippen molar-refractivity contribution in [3.05, 3.63) is 12.7 Å². The van der Waals surface area contributed by atoms with Crippen molar-refractivity contribution < 1.29 is 19.1 Å². The molecule has 6 nitrogen and oxygen atoms in total. The lowest BCUT2D eigenvalue weighted by Crippen LogP contribution is -2.48. The summed E-state index contributed by atoms with van der Waals surface area (Å²) in [5.74, 6) is -1.04. The molecule has 0 spiro atoms. The first-order chi connectivity index (χ1) is 8.08. The van der Waals surface area contributed by atoms with E-state index >= 15 is 0 Å². The third-order valence-corrected chi connectivity index (χ3v) is 2.52.